The molecule has 1 amide bonds. The molecule has 1 atom stereocenters. The third-order valence-electron chi connectivity index (χ3n) is 6.10. The van der Waals surface area contributed by atoms with Gasteiger partial charge in [-0.2, -0.15) is 0 Å². The number of nitrogens with zero attached hydrogens (tertiary/aromatic N) is 5. The fourth-order valence-corrected chi connectivity index (χ4v) is 4.42. The SMILES string of the molecule is CC#CC(=O)N1CCC(n2c(=O)n(-c3ccc(Oc4cccc(OC)c4)cc3)c3c(N)ncnc32)C1. The van der Waals surface area contributed by atoms with Gasteiger partial charge in [-0.15, -0.1) is 0 Å². The Hall–Kier alpha value is -4.78. The standard InChI is InChI=1S/C26H24N6O4/c1-3-5-22(33)30-13-12-18(15-30)32-25-23(24(27)28-16-29-25)31(26(32)34)17-8-10-19(11-9-17)36-21-7-4-6-20(14-21)35-2/h4,6-11,14,16,18H,12-13,15H2,1-2H3,(H2,27,28,29). The number of likely N-dealkylation sites (tertiary alicyclic amines) is 1. The maximum atomic E-state index is 13.7. The Balaban J connectivity index is 1.51. The van der Waals surface area contributed by atoms with Crippen molar-refractivity contribution < 1.29 is 14.3 Å². The predicted molar refractivity (Wildman–Crippen MR) is 134 cm³/mol. The topological polar surface area (TPSA) is 118 Å². The summed E-state index contributed by atoms with van der Waals surface area (Å²) >= 11 is 0. The first-order valence-corrected chi connectivity index (χ1v) is 11.4. The van der Waals surface area contributed by atoms with Gasteiger partial charge in [-0.25, -0.2) is 14.8 Å². The number of ether oxygens (including phenoxy) is 2. The first-order valence-electron chi connectivity index (χ1n) is 11.4. The van der Waals surface area contributed by atoms with Crippen molar-refractivity contribution in [2.75, 3.05) is 25.9 Å². The molecule has 10 nitrogen and oxygen atoms in total. The number of amides is 1. The summed E-state index contributed by atoms with van der Waals surface area (Å²) in [5, 5.41) is 0. The van der Waals surface area contributed by atoms with Crippen molar-refractivity contribution in [2.45, 2.75) is 19.4 Å². The molecular weight excluding hydrogens is 460 g/mol. The van der Waals surface area contributed by atoms with Gasteiger partial charge in [0.25, 0.3) is 5.91 Å². The number of carbonyl (C=O) groups excluding carboxylic acids is 1. The van der Waals surface area contributed by atoms with E-state index < -0.39 is 0 Å². The van der Waals surface area contributed by atoms with Gasteiger partial charge in [-0.1, -0.05) is 12.0 Å². The Bertz CT molecular complexity index is 1560. The number of hydrogen-bond acceptors (Lipinski definition) is 7. The van der Waals surface area contributed by atoms with E-state index in [-0.39, 0.29) is 23.5 Å². The molecule has 5 rings (SSSR count). The Labute approximate surface area is 206 Å². The molecule has 3 heterocycles. The zero-order chi connectivity index (χ0) is 25.2. The second-order valence-corrected chi connectivity index (χ2v) is 8.26. The lowest BCUT2D eigenvalue weighted by molar-refractivity contribution is -0.124. The summed E-state index contributed by atoms with van der Waals surface area (Å²) < 4.78 is 14.3. The van der Waals surface area contributed by atoms with Crippen molar-refractivity contribution >= 4 is 22.9 Å². The minimum absolute atomic E-state index is 0.190. The van der Waals surface area contributed by atoms with Gasteiger partial charge in [0.15, 0.2) is 11.5 Å². The molecular formula is C26H24N6O4. The van der Waals surface area contributed by atoms with Crippen LogP contribution in [0, 0.1) is 11.8 Å². The maximum Gasteiger partial charge on any atom is 0.335 e. The van der Waals surface area contributed by atoms with Crippen molar-refractivity contribution in [2.24, 2.45) is 0 Å². The maximum absolute atomic E-state index is 13.7. The largest absolute Gasteiger partial charge is 0.497 e. The van der Waals surface area contributed by atoms with Gasteiger partial charge in [0.05, 0.1) is 18.8 Å². The van der Waals surface area contributed by atoms with E-state index >= 15 is 0 Å². The Morgan fingerprint density at radius 3 is 2.64 bits per heavy atom. The summed E-state index contributed by atoms with van der Waals surface area (Å²) in [4.78, 5) is 36.1. The fraction of sp³-hybridized carbons (Fsp3) is 0.231. The molecule has 1 saturated heterocycles. The summed E-state index contributed by atoms with van der Waals surface area (Å²) in [6.07, 6.45) is 1.94. The first-order chi connectivity index (χ1) is 17.5. The van der Waals surface area contributed by atoms with E-state index in [1.54, 1.807) is 53.8 Å². The third kappa shape index (κ3) is 4.11. The second kappa shape index (κ2) is 9.46. The Morgan fingerprint density at radius 1 is 1.11 bits per heavy atom. The number of anilines is 1. The summed E-state index contributed by atoms with van der Waals surface area (Å²) in [6.45, 7) is 2.49. The molecule has 2 N–H and O–H groups in total. The molecule has 1 aliphatic heterocycles. The van der Waals surface area contributed by atoms with Crippen molar-refractivity contribution in [1.29, 1.82) is 0 Å². The van der Waals surface area contributed by atoms with Gasteiger partial charge in [-0.05, 0) is 55.7 Å². The van der Waals surface area contributed by atoms with Gasteiger partial charge >= 0.3 is 5.69 Å². The zero-order valence-electron chi connectivity index (χ0n) is 19.8. The molecule has 1 unspecified atom stereocenters. The molecule has 1 aliphatic rings. The van der Waals surface area contributed by atoms with Crippen LogP contribution in [0.4, 0.5) is 5.82 Å². The number of aromatic nitrogens is 4. The highest BCUT2D eigenvalue weighted by molar-refractivity contribution is 5.93. The smallest absolute Gasteiger partial charge is 0.335 e. The molecule has 36 heavy (non-hydrogen) atoms. The molecule has 4 aromatic rings. The highest BCUT2D eigenvalue weighted by Gasteiger charge is 2.31. The van der Waals surface area contributed by atoms with E-state index in [9.17, 15) is 9.59 Å². The minimum atomic E-state index is -0.306. The van der Waals surface area contributed by atoms with Gasteiger partial charge in [0.1, 0.15) is 29.1 Å². The number of imidazole rings is 1. The number of benzene rings is 2. The van der Waals surface area contributed by atoms with Crippen LogP contribution in [0.5, 0.6) is 17.2 Å². The molecule has 1 fully saturated rings. The second-order valence-electron chi connectivity index (χ2n) is 8.26. The van der Waals surface area contributed by atoms with Gasteiger partial charge in [0.2, 0.25) is 0 Å². The molecule has 0 spiro atoms. The monoisotopic (exact) mass is 484 g/mol. The fourth-order valence-electron chi connectivity index (χ4n) is 4.42. The molecule has 0 aliphatic carbocycles. The normalized spacial score (nSPS) is 14.9. The molecule has 10 heteroatoms. The molecule has 0 saturated carbocycles. The number of carbonyl (C=O) groups is 1. The van der Waals surface area contributed by atoms with Crippen molar-refractivity contribution in [1.82, 2.24) is 24.0 Å². The van der Waals surface area contributed by atoms with Crippen molar-refractivity contribution in [3.63, 3.8) is 0 Å². The van der Waals surface area contributed by atoms with E-state index in [0.717, 1.165) is 0 Å². The first kappa shape index (κ1) is 23.0. The van der Waals surface area contributed by atoms with Crippen LogP contribution in [0.3, 0.4) is 0 Å². The van der Waals surface area contributed by atoms with E-state index in [1.807, 2.05) is 18.2 Å². The molecule has 2 aromatic heterocycles. The van der Waals surface area contributed by atoms with Gasteiger partial charge < -0.3 is 20.1 Å². The summed E-state index contributed by atoms with van der Waals surface area (Å²) in [6, 6.07) is 14.1. The Kier molecular flexibility index (Phi) is 6.04. The van der Waals surface area contributed by atoms with Gasteiger partial charge in [-0.3, -0.25) is 13.9 Å². The predicted octanol–water partition coefficient (Wildman–Crippen LogP) is 2.76. The average Bonchev–Trinajstić information content (AvgIpc) is 3.48. The third-order valence-corrected chi connectivity index (χ3v) is 6.10. The lowest BCUT2D eigenvalue weighted by Gasteiger charge is -2.14. The van der Waals surface area contributed by atoms with E-state index in [1.165, 1.54) is 10.9 Å². The Morgan fingerprint density at radius 2 is 1.89 bits per heavy atom. The van der Waals surface area contributed by atoms with Crippen LogP contribution in [0.15, 0.2) is 59.7 Å². The molecule has 2 aromatic carbocycles. The number of nitrogens with two attached hydrogens (primary N) is 1. The summed E-state index contributed by atoms with van der Waals surface area (Å²) in [5.41, 5.74) is 7.33. The summed E-state index contributed by atoms with van der Waals surface area (Å²) in [7, 11) is 1.60. The molecule has 182 valence electrons. The highest BCUT2D eigenvalue weighted by Crippen LogP contribution is 2.29. The minimum Gasteiger partial charge on any atom is -0.497 e. The average molecular weight is 485 g/mol. The quantitative estimate of drug-likeness (QED) is 0.433. The molecule has 0 bridgehead atoms. The number of methoxy groups -OCH3 is 1. The van der Waals surface area contributed by atoms with E-state index in [4.69, 9.17) is 15.2 Å². The lowest BCUT2D eigenvalue weighted by Crippen LogP contribution is -2.31. The van der Waals surface area contributed by atoms with E-state index in [0.29, 0.717) is 53.6 Å². The molecule has 0 radical (unpaired) electrons. The highest BCUT2D eigenvalue weighted by atomic mass is 16.5. The number of fused-ring (bicyclic) bond motifs is 1. The van der Waals surface area contributed by atoms with Gasteiger partial charge in [0, 0.05) is 19.2 Å². The van der Waals surface area contributed by atoms with Crippen LogP contribution in [-0.4, -0.2) is 50.1 Å². The van der Waals surface area contributed by atoms with Crippen LogP contribution in [0.25, 0.3) is 16.9 Å². The van der Waals surface area contributed by atoms with Crippen molar-refractivity contribution in [3.05, 3.63) is 65.3 Å². The number of nitrogen functional groups attached to an aromatic ring is 1. The van der Waals surface area contributed by atoms with E-state index in [2.05, 4.69) is 21.8 Å². The van der Waals surface area contributed by atoms with Crippen molar-refractivity contribution in [3.8, 4) is 34.8 Å². The zero-order valence-corrected chi connectivity index (χ0v) is 19.8. The summed E-state index contributed by atoms with van der Waals surface area (Å²) in [5.74, 6) is 7.04. The van der Waals surface area contributed by atoms with Crippen LogP contribution >= 0.6 is 0 Å². The van der Waals surface area contributed by atoms with Crippen LogP contribution in [0.1, 0.15) is 19.4 Å². The van der Waals surface area contributed by atoms with Crippen LogP contribution in [-0.2, 0) is 4.79 Å². The number of hydrogen-bond donors (Lipinski definition) is 1. The van der Waals surface area contributed by atoms with Crippen LogP contribution in [0.2, 0.25) is 0 Å². The lowest BCUT2D eigenvalue weighted by atomic mass is 10.2. The van der Waals surface area contributed by atoms with Crippen LogP contribution < -0.4 is 20.9 Å². The number of rotatable bonds is 5.